The fraction of sp³-hybridized carbons (Fsp3) is 0.320. The van der Waals surface area contributed by atoms with Crippen LogP contribution in [0.15, 0.2) is 58.9 Å². The first-order valence-electron chi connectivity index (χ1n) is 10.8. The van der Waals surface area contributed by atoms with Crippen LogP contribution in [0.3, 0.4) is 0 Å². The van der Waals surface area contributed by atoms with Crippen molar-refractivity contribution < 1.29 is 4.79 Å². The van der Waals surface area contributed by atoms with Crippen molar-refractivity contribution in [3.05, 3.63) is 80.5 Å². The van der Waals surface area contributed by atoms with Gasteiger partial charge in [-0.05, 0) is 42.0 Å². The molecular formula is C25H24Cl2N4OS. The lowest BCUT2D eigenvalue weighted by Gasteiger charge is -2.38. The van der Waals surface area contributed by atoms with Crippen molar-refractivity contribution in [1.82, 2.24) is 14.8 Å². The Balaban J connectivity index is 1.58. The van der Waals surface area contributed by atoms with Crippen LogP contribution in [-0.4, -0.2) is 20.5 Å². The van der Waals surface area contributed by atoms with Crippen molar-refractivity contribution in [1.29, 1.82) is 0 Å². The lowest BCUT2D eigenvalue weighted by molar-refractivity contribution is -0.118. The van der Waals surface area contributed by atoms with E-state index in [1.807, 2.05) is 18.2 Å². The Morgan fingerprint density at radius 2 is 1.85 bits per heavy atom. The number of hydrogen-bond donors (Lipinski definition) is 1. The van der Waals surface area contributed by atoms with E-state index in [9.17, 15) is 4.79 Å². The number of benzene rings is 2. The molecule has 3 aromatic rings. The largest absolute Gasteiger partial charge is 0.328 e. The smallest absolute Gasteiger partial charge is 0.227 e. The molecule has 0 radical (unpaired) electrons. The molecule has 2 aromatic carbocycles. The van der Waals surface area contributed by atoms with Crippen LogP contribution in [0.1, 0.15) is 49.4 Å². The Morgan fingerprint density at radius 3 is 2.58 bits per heavy atom. The molecule has 1 aliphatic carbocycles. The number of allylic oxidation sites excluding steroid dienone is 2. The molecule has 0 saturated carbocycles. The Bertz CT molecular complexity index is 1280. The van der Waals surface area contributed by atoms with E-state index in [-0.39, 0.29) is 11.2 Å². The molecule has 0 amide bonds. The number of anilines is 1. The fourth-order valence-electron chi connectivity index (χ4n) is 4.60. The second kappa shape index (κ2) is 8.49. The first-order valence-corrected chi connectivity index (χ1v) is 12.6. The lowest BCUT2D eigenvalue weighted by atomic mass is 9.73. The zero-order valence-corrected chi connectivity index (χ0v) is 21.0. The third-order valence-corrected chi connectivity index (χ3v) is 7.75. The highest BCUT2D eigenvalue weighted by molar-refractivity contribution is 7.98. The zero-order chi connectivity index (χ0) is 23.3. The normalized spacial score (nSPS) is 19.2. The van der Waals surface area contributed by atoms with Gasteiger partial charge in [0.15, 0.2) is 5.78 Å². The maximum absolute atomic E-state index is 13.4. The number of nitrogens with one attached hydrogen (secondary N) is 1. The molecular weight excluding hydrogens is 475 g/mol. The molecule has 2 heterocycles. The van der Waals surface area contributed by atoms with Gasteiger partial charge >= 0.3 is 0 Å². The highest BCUT2D eigenvalue weighted by Gasteiger charge is 2.43. The van der Waals surface area contributed by atoms with Crippen molar-refractivity contribution in [2.45, 2.75) is 50.6 Å². The van der Waals surface area contributed by atoms with Gasteiger partial charge in [0.25, 0.3) is 0 Å². The number of thioether (sulfide) groups is 1. The van der Waals surface area contributed by atoms with Crippen LogP contribution >= 0.6 is 35.0 Å². The molecule has 5 nitrogen and oxygen atoms in total. The number of nitrogens with zero attached hydrogens (tertiary/aromatic N) is 3. The molecule has 33 heavy (non-hydrogen) atoms. The number of carbonyl (C=O) groups is 1. The standard InChI is InChI=1S/C25H24Cl2N4OS/c1-14-7-4-5-8-15(14)13-33-24-29-23-28-18-11-25(2,3)12-19(32)21(18)22(31(23)30-24)20-16(26)9-6-10-17(20)27/h4-10,22H,11-13H2,1-3H3,(H,28,29,30)/t22-/m0/s1. The second-order valence-corrected chi connectivity index (χ2v) is 11.1. The number of carbonyl (C=O) groups excluding carboxylic acids is 1. The van der Waals surface area contributed by atoms with Gasteiger partial charge in [0.1, 0.15) is 6.04 Å². The third-order valence-electron chi connectivity index (χ3n) is 6.20. The van der Waals surface area contributed by atoms with E-state index in [4.69, 9.17) is 33.3 Å². The SMILES string of the molecule is Cc1ccccc1CSc1nc2n(n1)[C@@H](c1c(Cl)cccc1Cl)C1=C(CC(C)(C)CC1=O)N2. The number of ketones is 1. The monoisotopic (exact) mass is 498 g/mol. The molecule has 0 spiro atoms. The summed E-state index contributed by atoms with van der Waals surface area (Å²) in [6.07, 6.45) is 1.20. The summed E-state index contributed by atoms with van der Waals surface area (Å²) in [4.78, 5) is 18.1. The van der Waals surface area contributed by atoms with E-state index in [1.54, 1.807) is 28.6 Å². The summed E-state index contributed by atoms with van der Waals surface area (Å²) in [6.45, 7) is 6.32. The van der Waals surface area contributed by atoms with Crippen LogP contribution in [0, 0.1) is 12.3 Å². The molecule has 0 bridgehead atoms. The lowest BCUT2D eigenvalue weighted by Crippen LogP contribution is -2.36. The Morgan fingerprint density at radius 1 is 1.12 bits per heavy atom. The molecule has 1 aliphatic heterocycles. The van der Waals surface area contributed by atoms with Gasteiger partial charge in [-0.15, -0.1) is 5.10 Å². The van der Waals surface area contributed by atoms with Crippen molar-refractivity contribution in [3.63, 3.8) is 0 Å². The maximum Gasteiger partial charge on any atom is 0.227 e. The van der Waals surface area contributed by atoms with Crippen LogP contribution in [-0.2, 0) is 10.5 Å². The number of halogens is 2. The maximum atomic E-state index is 13.4. The van der Waals surface area contributed by atoms with Gasteiger partial charge in [-0.2, -0.15) is 4.98 Å². The molecule has 1 atom stereocenters. The first kappa shape index (κ1) is 22.5. The number of hydrogen-bond acceptors (Lipinski definition) is 5. The first-order chi connectivity index (χ1) is 15.7. The number of aryl methyl sites for hydroxylation is 1. The summed E-state index contributed by atoms with van der Waals surface area (Å²) >= 11 is 14.8. The zero-order valence-electron chi connectivity index (χ0n) is 18.7. The van der Waals surface area contributed by atoms with Gasteiger partial charge < -0.3 is 5.32 Å². The van der Waals surface area contributed by atoms with E-state index in [0.717, 1.165) is 17.9 Å². The summed E-state index contributed by atoms with van der Waals surface area (Å²) in [6, 6.07) is 13.2. The molecule has 1 aromatic heterocycles. The van der Waals surface area contributed by atoms with E-state index in [2.05, 4.69) is 38.2 Å². The van der Waals surface area contributed by atoms with Crippen molar-refractivity contribution in [3.8, 4) is 0 Å². The van der Waals surface area contributed by atoms with Crippen molar-refractivity contribution in [2.24, 2.45) is 5.41 Å². The van der Waals surface area contributed by atoms with Crippen LogP contribution in [0.25, 0.3) is 0 Å². The topological polar surface area (TPSA) is 59.8 Å². The molecule has 8 heteroatoms. The summed E-state index contributed by atoms with van der Waals surface area (Å²) < 4.78 is 1.77. The summed E-state index contributed by atoms with van der Waals surface area (Å²) in [5, 5.41) is 9.86. The van der Waals surface area contributed by atoms with Gasteiger partial charge in [-0.25, -0.2) is 4.68 Å². The minimum atomic E-state index is -0.513. The predicted octanol–water partition coefficient (Wildman–Crippen LogP) is 6.84. The number of aromatic nitrogens is 3. The minimum Gasteiger partial charge on any atom is -0.328 e. The van der Waals surface area contributed by atoms with E-state index in [0.29, 0.717) is 38.7 Å². The summed E-state index contributed by atoms with van der Waals surface area (Å²) in [7, 11) is 0. The summed E-state index contributed by atoms with van der Waals surface area (Å²) in [5.41, 5.74) is 4.58. The average Bonchev–Trinajstić information content (AvgIpc) is 3.14. The molecule has 2 aliphatic rings. The number of rotatable bonds is 4. The van der Waals surface area contributed by atoms with Crippen LogP contribution in [0.4, 0.5) is 5.95 Å². The molecule has 5 rings (SSSR count). The number of fused-ring (bicyclic) bond motifs is 1. The molecule has 0 fully saturated rings. The molecule has 170 valence electrons. The molecule has 0 unspecified atom stereocenters. The Hall–Kier alpha value is -2.28. The number of Topliss-reactive ketones (excluding diaryl/α,β-unsaturated/α-hetero) is 1. The average molecular weight is 499 g/mol. The minimum absolute atomic E-state index is 0.0880. The van der Waals surface area contributed by atoms with Crippen LogP contribution in [0.2, 0.25) is 10.0 Å². The Kier molecular flexibility index (Phi) is 5.79. The third kappa shape index (κ3) is 4.20. The van der Waals surface area contributed by atoms with E-state index >= 15 is 0 Å². The Labute approximate surface area is 207 Å². The van der Waals surface area contributed by atoms with Crippen LogP contribution in [0.5, 0.6) is 0 Å². The fourth-order valence-corrected chi connectivity index (χ4v) is 6.11. The van der Waals surface area contributed by atoms with E-state index < -0.39 is 6.04 Å². The molecule has 0 saturated heterocycles. The quantitative estimate of drug-likeness (QED) is 0.398. The predicted molar refractivity (Wildman–Crippen MR) is 134 cm³/mol. The van der Waals surface area contributed by atoms with Crippen LogP contribution < -0.4 is 5.32 Å². The van der Waals surface area contributed by atoms with Crippen molar-refractivity contribution >= 4 is 46.7 Å². The van der Waals surface area contributed by atoms with Gasteiger partial charge in [-0.3, -0.25) is 4.79 Å². The summed E-state index contributed by atoms with van der Waals surface area (Å²) in [5.74, 6) is 1.45. The van der Waals surface area contributed by atoms with Crippen molar-refractivity contribution in [2.75, 3.05) is 5.32 Å². The highest BCUT2D eigenvalue weighted by atomic mass is 35.5. The van der Waals surface area contributed by atoms with Gasteiger partial charge in [0, 0.05) is 39.1 Å². The second-order valence-electron chi connectivity index (χ2n) is 9.37. The highest BCUT2D eigenvalue weighted by Crippen LogP contribution is 2.48. The van der Waals surface area contributed by atoms with Gasteiger partial charge in [-0.1, -0.05) is 79.1 Å². The molecule has 1 N–H and O–H groups in total. The van der Waals surface area contributed by atoms with Gasteiger partial charge in [0.05, 0.1) is 0 Å². The van der Waals surface area contributed by atoms with E-state index in [1.165, 1.54) is 11.1 Å². The van der Waals surface area contributed by atoms with Gasteiger partial charge in [0.2, 0.25) is 11.1 Å².